The van der Waals surface area contributed by atoms with Crippen molar-refractivity contribution >= 4 is 0 Å². The van der Waals surface area contributed by atoms with Crippen LogP contribution >= 0.6 is 0 Å². The lowest BCUT2D eigenvalue weighted by Gasteiger charge is -2.62. The van der Waals surface area contributed by atoms with E-state index in [-0.39, 0.29) is 11.8 Å². The third kappa shape index (κ3) is 4.90. The Labute approximate surface area is 219 Å². The predicted octanol–water partition coefficient (Wildman–Crippen LogP) is 9.48. The summed E-state index contributed by atoms with van der Waals surface area (Å²) in [5.41, 5.74) is 0.547. The number of hydrogen-bond donors (Lipinski definition) is 2. The van der Waals surface area contributed by atoms with Gasteiger partial charge in [-0.25, -0.2) is 0 Å². The Morgan fingerprint density at radius 2 is 1.44 bits per heavy atom. The average molecular weight is 485 g/mol. The zero-order valence-corrected chi connectivity index (χ0v) is 24.4. The van der Waals surface area contributed by atoms with Crippen molar-refractivity contribution in [2.24, 2.45) is 58.2 Å². The highest BCUT2D eigenvalue weighted by molar-refractivity contribution is 5.11. The molecule has 208 valence electrons. The maximum absolute atomic E-state index is 11.3. The van der Waals surface area contributed by atoms with E-state index in [2.05, 4.69) is 48.5 Å². The third-order valence-corrected chi connectivity index (χ3v) is 12.3. The van der Waals surface area contributed by atoms with E-state index in [1.807, 2.05) is 13.8 Å². The van der Waals surface area contributed by atoms with Crippen LogP contribution in [0.4, 0.5) is 0 Å². The lowest BCUT2D eigenvalue weighted by molar-refractivity contribution is -0.162. The molecular formula is C32H68O2. The van der Waals surface area contributed by atoms with Crippen LogP contribution in [0, 0.1) is 58.2 Å². The largest absolute Gasteiger partial charge is 0.393 e. The molecule has 0 aromatic heterocycles. The normalized spacial score (nSPS) is 45.6. The van der Waals surface area contributed by atoms with Crippen LogP contribution in [-0.4, -0.2) is 21.9 Å². The molecule has 0 saturated heterocycles. The van der Waals surface area contributed by atoms with E-state index >= 15 is 0 Å². The topological polar surface area (TPSA) is 40.5 Å². The van der Waals surface area contributed by atoms with Crippen LogP contribution in [0.15, 0.2) is 0 Å². The Morgan fingerprint density at radius 3 is 2.06 bits per heavy atom. The first-order valence-corrected chi connectivity index (χ1v) is 15.3. The van der Waals surface area contributed by atoms with E-state index in [9.17, 15) is 10.2 Å². The lowest BCUT2D eigenvalue weighted by atomic mass is 9.43. The van der Waals surface area contributed by atoms with Gasteiger partial charge in [0.25, 0.3) is 0 Å². The van der Waals surface area contributed by atoms with Crippen LogP contribution in [0.5, 0.6) is 0 Å². The zero-order valence-electron chi connectivity index (χ0n) is 24.4. The molecule has 0 aromatic carbocycles. The van der Waals surface area contributed by atoms with Gasteiger partial charge in [0.15, 0.2) is 0 Å². The van der Waals surface area contributed by atoms with Gasteiger partial charge in [0, 0.05) is 5.71 Å². The van der Waals surface area contributed by atoms with Gasteiger partial charge in [-0.3, -0.25) is 0 Å². The zero-order chi connectivity index (χ0) is 25.5. The fourth-order valence-electron chi connectivity index (χ4n) is 9.74. The molecule has 4 aliphatic rings. The highest BCUT2D eigenvalue weighted by atomic mass is 16.3. The van der Waals surface area contributed by atoms with Crippen molar-refractivity contribution in [3.63, 3.8) is 0 Å². The minimum Gasteiger partial charge on any atom is -0.393 e. The van der Waals surface area contributed by atoms with Crippen molar-refractivity contribution in [2.45, 2.75) is 145 Å². The molecule has 0 bridgehead atoms. The molecule has 0 spiro atoms. The molecule has 0 aliphatic heterocycles. The maximum Gasteiger partial charge on any atom is 0.0673 e. The van der Waals surface area contributed by atoms with E-state index < -0.39 is 5.60 Å². The Hall–Kier alpha value is -0.0800. The van der Waals surface area contributed by atoms with Crippen LogP contribution in [0.2, 0.25) is 0 Å². The van der Waals surface area contributed by atoms with E-state index in [0.29, 0.717) is 22.7 Å². The number of aliphatic hydroxyl groups is 2. The fourth-order valence-corrected chi connectivity index (χ4v) is 9.74. The molecule has 4 aliphatic carbocycles. The second-order valence-electron chi connectivity index (χ2n) is 14.2. The van der Waals surface area contributed by atoms with Gasteiger partial charge in [-0.2, -0.15) is 0 Å². The molecule has 4 rings (SSSR count). The predicted molar refractivity (Wildman–Crippen MR) is 154 cm³/mol. The first-order valence-electron chi connectivity index (χ1n) is 15.3. The highest BCUT2D eigenvalue weighted by Crippen LogP contribution is 2.69. The van der Waals surface area contributed by atoms with E-state index in [1.165, 1.54) is 51.4 Å². The lowest BCUT2D eigenvalue weighted by Crippen LogP contribution is -2.57. The Bertz CT molecular complexity index is 676. The van der Waals surface area contributed by atoms with Gasteiger partial charge in [-0.05, 0) is 129 Å². The van der Waals surface area contributed by atoms with E-state index in [1.54, 1.807) is 0 Å². The van der Waals surface area contributed by atoms with Gasteiger partial charge in [-0.1, -0.05) is 62.3 Å². The summed E-state index contributed by atoms with van der Waals surface area (Å²) < 4.78 is 0. The van der Waals surface area contributed by atoms with Crippen molar-refractivity contribution < 1.29 is 15.9 Å². The summed E-state index contributed by atoms with van der Waals surface area (Å²) in [5, 5.41) is 21.7. The molecule has 4 unspecified atom stereocenters. The quantitative estimate of drug-likeness (QED) is 0.394. The van der Waals surface area contributed by atoms with Crippen molar-refractivity contribution in [2.75, 3.05) is 0 Å². The monoisotopic (exact) mass is 485 g/mol. The standard InChI is InChI=1S/C30H54O2.C2H6.4H2/c1-19(2)27(31)13-8-21(5)24-11-12-25-23-10-9-22-18-30(32,20(3)4)17-16-28(22,6)26(23)14-15-29(24,25)7;1-2;;;;/h19-27,31-32H,8-18H2,1-7H3;1-2H3;4*1H/t21-,22?,23+,24?,25?,26?,27-,28+,29-,30+;;;;;/m1...../s1. The average Bonchev–Trinajstić information content (AvgIpc) is 3.16. The smallest absolute Gasteiger partial charge is 0.0673 e. The molecule has 0 aromatic rings. The molecule has 34 heavy (non-hydrogen) atoms. The maximum atomic E-state index is 11.3. The molecule has 2 N–H and O–H groups in total. The van der Waals surface area contributed by atoms with Crippen molar-refractivity contribution in [3.05, 3.63) is 0 Å². The molecule has 4 saturated carbocycles. The van der Waals surface area contributed by atoms with E-state index in [0.717, 1.165) is 54.8 Å². The van der Waals surface area contributed by atoms with Gasteiger partial charge < -0.3 is 10.2 Å². The number of fused-ring (bicyclic) bond motifs is 5. The van der Waals surface area contributed by atoms with Gasteiger partial charge in [-0.15, -0.1) is 0 Å². The number of rotatable bonds is 6. The van der Waals surface area contributed by atoms with Crippen LogP contribution in [0.25, 0.3) is 0 Å². The van der Waals surface area contributed by atoms with Gasteiger partial charge in [0.1, 0.15) is 0 Å². The SMILES string of the molecule is CC.CC(C)[C@H](O)CC[C@@H](C)C1CCC2[C@@H]3CCC4C[C@](O)(C(C)C)CC[C@]4(C)C3CC[C@@]21C.[HH].[HH].[HH].[HH]. The molecule has 0 radical (unpaired) electrons. The molecule has 2 nitrogen and oxygen atoms in total. The second kappa shape index (κ2) is 10.7. The Balaban J connectivity index is 0. The van der Waals surface area contributed by atoms with Crippen molar-refractivity contribution in [1.82, 2.24) is 0 Å². The van der Waals surface area contributed by atoms with Crippen molar-refractivity contribution in [3.8, 4) is 0 Å². The van der Waals surface area contributed by atoms with Crippen LogP contribution in [0.3, 0.4) is 0 Å². The van der Waals surface area contributed by atoms with Crippen LogP contribution < -0.4 is 0 Å². The highest BCUT2D eigenvalue weighted by Gasteiger charge is 2.61. The molecule has 0 heterocycles. The summed E-state index contributed by atoms with van der Waals surface area (Å²) in [6.45, 7) is 20.5. The van der Waals surface area contributed by atoms with Gasteiger partial charge in [0.2, 0.25) is 0 Å². The summed E-state index contributed by atoms with van der Waals surface area (Å²) >= 11 is 0. The van der Waals surface area contributed by atoms with E-state index in [4.69, 9.17) is 0 Å². The second-order valence-corrected chi connectivity index (χ2v) is 14.2. The minimum atomic E-state index is -0.422. The molecular weight excluding hydrogens is 416 g/mol. The molecule has 4 fully saturated rings. The third-order valence-electron chi connectivity index (χ3n) is 12.3. The van der Waals surface area contributed by atoms with Gasteiger partial charge in [0.05, 0.1) is 11.7 Å². The fraction of sp³-hybridized carbons (Fsp3) is 1.00. The summed E-state index contributed by atoms with van der Waals surface area (Å²) in [6.07, 6.45) is 13.8. The molecule has 0 amide bonds. The van der Waals surface area contributed by atoms with Crippen LogP contribution in [0.1, 0.15) is 139 Å². The summed E-state index contributed by atoms with van der Waals surface area (Å²) in [5.74, 6) is 5.77. The Morgan fingerprint density at radius 1 is 0.794 bits per heavy atom. The number of hydrogen-bond acceptors (Lipinski definition) is 2. The Kier molecular flexibility index (Phi) is 8.99. The van der Waals surface area contributed by atoms with Gasteiger partial charge >= 0.3 is 0 Å². The first-order chi connectivity index (χ1) is 15.9. The number of aliphatic hydroxyl groups excluding tert-OH is 1. The minimum absolute atomic E-state index is 0. The molecule has 10 atom stereocenters. The summed E-state index contributed by atoms with van der Waals surface area (Å²) in [6, 6.07) is 0. The van der Waals surface area contributed by atoms with Crippen molar-refractivity contribution in [1.29, 1.82) is 0 Å². The molecule has 2 heteroatoms. The summed E-state index contributed by atoms with van der Waals surface area (Å²) in [7, 11) is 0. The van der Waals surface area contributed by atoms with Crippen LogP contribution in [-0.2, 0) is 0 Å². The summed E-state index contributed by atoms with van der Waals surface area (Å²) in [4.78, 5) is 0. The first kappa shape index (κ1) is 28.5.